The Kier molecular flexibility index (Phi) is 4.02. The Morgan fingerprint density at radius 1 is 1.33 bits per heavy atom. The molecule has 1 fully saturated rings. The molecule has 18 heavy (non-hydrogen) atoms. The summed E-state index contributed by atoms with van der Waals surface area (Å²) in [5.41, 5.74) is 7.26. The number of carbonyl (C=O) groups is 1. The molecule has 98 valence electrons. The number of likely N-dealkylation sites (tertiary alicyclic amines) is 1. The smallest absolute Gasteiger partial charge is 0.239 e. The molecule has 1 unspecified atom stereocenters. The Bertz CT molecular complexity index is 402. The summed E-state index contributed by atoms with van der Waals surface area (Å²) in [6, 6.07) is 10.1. The Morgan fingerprint density at radius 3 is 2.61 bits per heavy atom. The van der Waals surface area contributed by atoms with Gasteiger partial charge in [0, 0.05) is 19.0 Å². The SMILES string of the molecule is CC(C)[C@@H](N)C(=O)N1CCC(c2ccccc2)C1. The first-order valence-corrected chi connectivity index (χ1v) is 6.69. The number of nitrogens with zero attached hydrogens (tertiary/aromatic N) is 1. The van der Waals surface area contributed by atoms with Gasteiger partial charge in [-0.15, -0.1) is 0 Å². The van der Waals surface area contributed by atoms with Crippen LogP contribution < -0.4 is 5.73 Å². The van der Waals surface area contributed by atoms with Crippen molar-refractivity contribution >= 4 is 5.91 Å². The largest absolute Gasteiger partial charge is 0.341 e. The fourth-order valence-electron chi connectivity index (χ4n) is 2.45. The number of hydrogen-bond donors (Lipinski definition) is 1. The van der Waals surface area contributed by atoms with Crippen LogP contribution in [0.3, 0.4) is 0 Å². The predicted molar refractivity (Wildman–Crippen MR) is 73.2 cm³/mol. The van der Waals surface area contributed by atoms with E-state index in [1.54, 1.807) is 0 Å². The number of benzene rings is 1. The monoisotopic (exact) mass is 246 g/mol. The van der Waals surface area contributed by atoms with Crippen LogP contribution in [0.1, 0.15) is 31.7 Å². The summed E-state index contributed by atoms with van der Waals surface area (Å²) in [4.78, 5) is 14.1. The van der Waals surface area contributed by atoms with Crippen LogP contribution in [0.2, 0.25) is 0 Å². The van der Waals surface area contributed by atoms with Gasteiger partial charge in [-0.1, -0.05) is 44.2 Å². The zero-order valence-corrected chi connectivity index (χ0v) is 11.2. The van der Waals surface area contributed by atoms with Gasteiger partial charge < -0.3 is 10.6 Å². The third-order valence-corrected chi connectivity index (χ3v) is 3.77. The lowest BCUT2D eigenvalue weighted by Crippen LogP contribution is -2.45. The van der Waals surface area contributed by atoms with Crippen molar-refractivity contribution in [2.45, 2.75) is 32.2 Å². The second-order valence-corrected chi connectivity index (χ2v) is 5.45. The van der Waals surface area contributed by atoms with Crippen molar-refractivity contribution in [1.29, 1.82) is 0 Å². The Balaban J connectivity index is 1.99. The third kappa shape index (κ3) is 2.72. The van der Waals surface area contributed by atoms with Gasteiger partial charge in [0.2, 0.25) is 5.91 Å². The summed E-state index contributed by atoms with van der Waals surface area (Å²) in [6.45, 7) is 5.63. The second kappa shape index (κ2) is 5.53. The van der Waals surface area contributed by atoms with Crippen LogP contribution in [-0.4, -0.2) is 29.9 Å². The van der Waals surface area contributed by atoms with Gasteiger partial charge in [-0.25, -0.2) is 0 Å². The minimum absolute atomic E-state index is 0.100. The molecule has 1 aliphatic rings. The van der Waals surface area contributed by atoms with E-state index < -0.39 is 0 Å². The topological polar surface area (TPSA) is 46.3 Å². The highest BCUT2D eigenvalue weighted by Crippen LogP contribution is 2.27. The van der Waals surface area contributed by atoms with Gasteiger partial charge in [0.25, 0.3) is 0 Å². The summed E-state index contributed by atoms with van der Waals surface area (Å²) in [5, 5.41) is 0. The van der Waals surface area contributed by atoms with Crippen molar-refractivity contribution in [2.24, 2.45) is 11.7 Å². The fraction of sp³-hybridized carbons (Fsp3) is 0.533. The molecule has 2 rings (SSSR count). The fourth-order valence-corrected chi connectivity index (χ4v) is 2.45. The van der Waals surface area contributed by atoms with Crippen molar-refractivity contribution in [3.8, 4) is 0 Å². The molecule has 1 aliphatic heterocycles. The molecule has 0 aromatic heterocycles. The maximum absolute atomic E-state index is 12.2. The van der Waals surface area contributed by atoms with E-state index in [0.717, 1.165) is 19.5 Å². The van der Waals surface area contributed by atoms with Crippen molar-refractivity contribution in [1.82, 2.24) is 4.90 Å². The van der Waals surface area contributed by atoms with Crippen LogP contribution in [-0.2, 0) is 4.79 Å². The van der Waals surface area contributed by atoms with E-state index in [0.29, 0.717) is 5.92 Å². The molecule has 2 atom stereocenters. The molecule has 0 radical (unpaired) electrons. The first-order chi connectivity index (χ1) is 8.59. The molecule has 1 amide bonds. The standard InChI is InChI=1S/C15H22N2O/c1-11(2)14(16)15(18)17-9-8-13(10-17)12-6-4-3-5-7-12/h3-7,11,13-14H,8-10,16H2,1-2H3/t13?,14-/m1/s1. The molecule has 2 N–H and O–H groups in total. The summed E-state index contributed by atoms with van der Waals surface area (Å²) >= 11 is 0. The van der Waals surface area contributed by atoms with E-state index in [4.69, 9.17) is 5.73 Å². The predicted octanol–water partition coefficient (Wildman–Crippen LogP) is 1.99. The van der Waals surface area contributed by atoms with Gasteiger partial charge in [0.1, 0.15) is 0 Å². The van der Waals surface area contributed by atoms with Crippen LogP contribution in [0.4, 0.5) is 0 Å². The average Bonchev–Trinajstić information content (AvgIpc) is 2.87. The van der Waals surface area contributed by atoms with E-state index in [2.05, 4.69) is 24.3 Å². The van der Waals surface area contributed by atoms with Crippen LogP contribution in [0.25, 0.3) is 0 Å². The number of nitrogens with two attached hydrogens (primary N) is 1. The highest BCUT2D eigenvalue weighted by atomic mass is 16.2. The van der Waals surface area contributed by atoms with E-state index >= 15 is 0 Å². The number of hydrogen-bond acceptors (Lipinski definition) is 2. The number of amides is 1. The van der Waals surface area contributed by atoms with Crippen LogP contribution in [0.15, 0.2) is 30.3 Å². The van der Waals surface area contributed by atoms with Crippen LogP contribution >= 0.6 is 0 Å². The van der Waals surface area contributed by atoms with Crippen LogP contribution in [0.5, 0.6) is 0 Å². The molecular formula is C15H22N2O. The van der Waals surface area contributed by atoms with E-state index in [9.17, 15) is 4.79 Å². The lowest BCUT2D eigenvalue weighted by Gasteiger charge is -2.23. The maximum Gasteiger partial charge on any atom is 0.239 e. The van der Waals surface area contributed by atoms with Crippen molar-refractivity contribution in [3.05, 3.63) is 35.9 Å². The lowest BCUT2D eigenvalue weighted by molar-refractivity contribution is -0.132. The van der Waals surface area contributed by atoms with Gasteiger partial charge >= 0.3 is 0 Å². The zero-order chi connectivity index (χ0) is 13.1. The minimum atomic E-state index is -0.362. The molecule has 0 bridgehead atoms. The van der Waals surface area contributed by atoms with Gasteiger partial charge in [0.05, 0.1) is 6.04 Å². The summed E-state index contributed by atoms with van der Waals surface area (Å²) in [7, 11) is 0. The van der Waals surface area contributed by atoms with E-state index in [1.165, 1.54) is 5.56 Å². The summed E-state index contributed by atoms with van der Waals surface area (Å²) < 4.78 is 0. The quantitative estimate of drug-likeness (QED) is 0.886. The molecule has 0 aliphatic carbocycles. The number of rotatable bonds is 3. The van der Waals surface area contributed by atoms with Crippen molar-refractivity contribution in [3.63, 3.8) is 0 Å². The van der Waals surface area contributed by atoms with Gasteiger partial charge in [-0.3, -0.25) is 4.79 Å². The second-order valence-electron chi connectivity index (χ2n) is 5.45. The molecule has 3 nitrogen and oxygen atoms in total. The summed E-state index contributed by atoms with van der Waals surface area (Å²) in [6.07, 6.45) is 1.04. The molecule has 0 saturated carbocycles. The van der Waals surface area contributed by atoms with Gasteiger partial charge in [-0.05, 0) is 17.9 Å². The lowest BCUT2D eigenvalue weighted by atomic mass is 9.99. The summed E-state index contributed by atoms with van der Waals surface area (Å²) in [5.74, 6) is 0.770. The number of carbonyl (C=O) groups excluding carboxylic acids is 1. The highest BCUT2D eigenvalue weighted by Gasteiger charge is 2.30. The highest BCUT2D eigenvalue weighted by molar-refractivity contribution is 5.82. The molecule has 1 aromatic carbocycles. The normalized spacial score (nSPS) is 21.3. The van der Waals surface area contributed by atoms with E-state index in [-0.39, 0.29) is 17.9 Å². The molecular weight excluding hydrogens is 224 g/mol. The maximum atomic E-state index is 12.2. The first kappa shape index (κ1) is 13.1. The first-order valence-electron chi connectivity index (χ1n) is 6.69. The molecule has 1 heterocycles. The molecule has 1 saturated heterocycles. The minimum Gasteiger partial charge on any atom is -0.341 e. The van der Waals surface area contributed by atoms with Crippen molar-refractivity contribution < 1.29 is 4.79 Å². The van der Waals surface area contributed by atoms with E-state index in [1.807, 2.05) is 24.8 Å². The molecule has 0 spiro atoms. The Labute approximate surface area is 109 Å². The Morgan fingerprint density at radius 2 is 2.00 bits per heavy atom. The van der Waals surface area contributed by atoms with Crippen molar-refractivity contribution in [2.75, 3.05) is 13.1 Å². The average molecular weight is 246 g/mol. The van der Waals surface area contributed by atoms with Gasteiger partial charge in [0.15, 0.2) is 0 Å². The Hall–Kier alpha value is -1.35. The van der Waals surface area contributed by atoms with Crippen LogP contribution in [0, 0.1) is 5.92 Å². The van der Waals surface area contributed by atoms with Gasteiger partial charge in [-0.2, -0.15) is 0 Å². The molecule has 3 heteroatoms. The third-order valence-electron chi connectivity index (χ3n) is 3.77. The zero-order valence-electron chi connectivity index (χ0n) is 11.2. The molecule has 1 aromatic rings.